The van der Waals surface area contributed by atoms with E-state index >= 15 is 0 Å². The molecule has 32 heavy (non-hydrogen) atoms. The van der Waals surface area contributed by atoms with Gasteiger partial charge in [0, 0.05) is 27.8 Å². The first-order valence-electron chi connectivity index (χ1n) is 10.6. The second kappa shape index (κ2) is 9.75. The molecule has 1 aliphatic rings. The van der Waals surface area contributed by atoms with Gasteiger partial charge in [0.15, 0.2) is 0 Å². The van der Waals surface area contributed by atoms with Gasteiger partial charge in [0.2, 0.25) is 0 Å². The van der Waals surface area contributed by atoms with Gasteiger partial charge in [-0.05, 0) is 80.1 Å². The number of carbonyl (C=O) groups excluding carboxylic acids is 1. The molecule has 0 saturated carbocycles. The van der Waals surface area contributed by atoms with Gasteiger partial charge in [0.05, 0.1) is 10.7 Å². The summed E-state index contributed by atoms with van der Waals surface area (Å²) in [6, 6.07) is 10.7. The lowest BCUT2D eigenvalue weighted by Gasteiger charge is -2.47. The van der Waals surface area contributed by atoms with Crippen LogP contribution in [0.4, 0.5) is 11.4 Å². The number of benzene rings is 2. The molecule has 3 rings (SSSR count). The number of anilines is 2. The summed E-state index contributed by atoms with van der Waals surface area (Å²) in [4.78, 5) is 15.1. The Labute approximate surface area is 204 Å². The minimum atomic E-state index is -0.563. The first-order chi connectivity index (χ1) is 15.1. The molecule has 0 fully saturated rings. The maximum absolute atomic E-state index is 12.7. The van der Waals surface area contributed by atoms with Crippen LogP contribution in [0, 0.1) is 11.3 Å². The fraction of sp³-hybridized carbons (Fsp3) is 0.360. The Balaban J connectivity index is 1.97. The minimum absolute atomic E-state index is 0.0264. The molecule has 7 heteroatoms. The van der Waals surface area contributed by atoms with Crippen LogP contribution >= 0.6 is 34.8 Å². The normalized spacial score (nSPS) is 17.5. The largest absolute Gasteiger partial charge is 0.366 e. The number of hydrogen-bond acceptors (Lipinski definition) is 3. The van der Waals surface area contributed by atoms with E-state index in [1.807, 2.05) is 18.2 Å². The topological polar surface area (TPSA) is 56.1 Å². The third-order valence-electron chi connectivity index (χ3n) is 5.80. The van der Waals surface area contributed by atoms with E-state index in [2.05, 4.69) is 37.9 Å². The molecule has 2 aromatic carbocycles. The van der Waals surface area contributed by atoms with Crippen molar-refractivity contribution >= 4 is 58.2 Å². The van der Waals surface area contributed by atoms with E-state index in [0.717, 1.165) is 25.1 Å². The second-order valence-corrected chi connectivity index (χ2v) is 10.0. The third-order valence-corrected chi connectivity index (χ3v) is 6.67. The van der Waals surface area contributed by atoms with E-state index in [9.17, 15) is 10.1 Å². The predicted octanol–water partition coefficient (Wildman–Crippen LogP) is 7.69. The molecule has 1 unspecified atom stereocenters. The second-order valence-electron chi connectivity index (χ2n) is 8.75. The summed E-state index contributed by atoms with van der Waals surface area (Å²) in [6.07, 6.45) is 3.56. The van der Waals surface area contributed by atoms with Crippen molar-refractivity contribution < 1.29 is 4.79 Å². The third kappa shape index (κ3) is 5.07. The van der Waals surface area contributed by atoms with E-state index in [1.54, 1.807) is 12.1 Å². The van der Waals surface area contributed by atoms with Crippen molar-refractivity contribution in [1.82, 2.24) is 0 Å². The lowest BCUT2D eigenvalue weighted by molar-refractivity contribution is -0.112. The van der Waals surface area contributed by atoms with E-state index in [-0.39, 0.29) is 11.1 Å². The van der Waals surface area contributed by atoms with Crippen LogP contribution in [-0.2, 0) is 4.79 Å². The molecule has 0 bridgehead atoms. The fourth-order valence-electron chi connectivity index (χ4n) is 4.36. The fourth-order valence-corrected chi connectivity index (χ4v) is 5.03. The van der Waals surface area contributed by atoms with E-state index in [4.69, 9.17) is 34.8 Å². The van der Waals surface area contributed by atoms with Gasteiger partial charge in [-0.1, -0.05) is 48.7 Å². The number of hydrogen-bond donors (Lipinski definition) is 1. The first-order valence-corrected chi connectivity index (χ1v) is 11.7. The van der Waals surface area contributed by atoms with Crippen LogP contribution in [0.3, 0.4) is 0 Å². The highest BCUT2D eigenvalue weighted by Crippen LogP contribution is 2.45. The van der Waals surface area contributed by atoms with Crippen LogP contribution in [0.25, 0.3) is 6.08 Å². The number of carbonyl (C=O) groups is 1. The Morgan fingerprint density at radius 1 is 1.25 bits per heavy atom. The van der Waals surface area contributed by atoms with Crippen molar-refractivity contribution in [3.63, 3.8) is 0 Å². The van der Waals surface area contributed by atoms with Gasteiger partial charge >= 0.3 is 0 Å². The highest BCUT2D eigenvalue weighted by molar-refractivity contribution is 6.37. The summed E-state index contributed by atoms with van der Waals surface area (Å²) in [5.74, 6) is -0.239. The lowest BCUT2D eigenvalue weighted by Crippen LogP contribution is -2.48. The average Bonchev–Trinajstić information content (AvgIpc) is 2.71. The molecule has 1 amide bonds. The lowest BCUT2D eigenvalue weighted by atomic mass is 9.79. The summed E-state index contributed by atoms with van der Waals surface area (Å²) in [6.45, 7) is 9.81. The molecule has 1 heterocycles. The SMILES string of the molecule is CCCN1c2cc(Cl)c(/C=C(\C#N)C(=O)Nc3ccc(Cl)cc3Cl)cc2C(C)CC1(C)C. The number of fused-ring (bicyclic) bond motifs is 1. The van der Waals surface area contributed by atoms with Crippen molar-refractivity contribution in [1.29, 1.82) is 5.26 Å². The number of amides is 1. The van der Waals surface area contributed by atoms with Crippen LogP contribution in [0.2, 0.25) is 15.1 Å². The maximum atomic E-state index is 12.7. The van der Waals surface area contributed by atoms with E-state index < -0.39 is 5.91 Å². The molecule has 4 nitrogen and oxygen atoms in total. The number of nitrogens with one attached hydrogen (secondary N) is 1. The Bertz CT molecular complexity index is 1120. The number of rotatable bonds is 5. The number of halogens is 3. The first kappa shape index (κ1) is 24.5. The molecular formula is C25H26Cl3N3O. The summed E-state index contributed by atoms with van der Waals surface area (Å²) >= 11 is 18.7. The maximum Gasteiger partial charge on any atom is 0.266 e. The zero-order valence-electron chi connectivity index (χ0n) is 18.6. The quantitative estimate of drug-likeness (QED) is 0.345. The minimum Gasteiger partial charge on any atom is -0.366 e. The van der Waals surface area contributed by atoms with Gasteiger partial charge in [-0.3, -0.25) is 4.79 Å². The van der Waals surface area contributed by atoms with E-state index in [1.165, 1.54) is 17.7 Å². The van der Waals surface area contributed by atoms with Gasteiger partial charge in [-0.2, -0.15) is 5.26 Å². The molecule has 2 aromatic rings. The zero-order chi connectivity index (χ0) is 23.6. The molecule has 168 valence electrons. The van der Waals surface area contributed by atoms with Crippen LogP contribution < -0.4 is 10.2 Å². The highest BCUT2D eigenvalue weighted by Gasteiger charge is 2.36. The molecule has 0 aliphatic carbocycles. The molecule has 1 aliphatic heterocycles. The van der Waals surface area contributed by atoms with Crippen molar-refractivity contribution in [2.45, 2.75) is 52.0 Å². The Morgan fingerprint density at radius 2 is 1.97 bits per heavy atom. The van der Waals surface area contributed by atoms with E-state index in [0.29, 0.717) is 32.2 Å². The number of nitriles is 1. The van der Waals surface area contributed by atoms with Crippen LogP contribution in [0.1, 0.15) is 57.6 Å². The summed E-state index contributed by atoms with van der Waals surface area (Å²) < 4.78 is 0. The van der Waals surface area contributed by atoms with Gasteiger partial charge in [-0.15, -0.1) is 0 Å². The molecule has 0 saturated heterocycles. The predicted molar refractivity (Wildman–Crippen MR) is 135 cm³/mol. The Kier molecular flexibility index (Phi) is 7.45. The molecule has 0 radical (unpaired) electrons. The monoisotopic (exact) mass is 489 g/mol. The van der Waals surface area contributed by atoms with Crippen molar-refractivity contribution in [2.75, 3.05) is 16.8 Å². The summed E-state index contributed by atoms with van der Waals surface area (Å²) in [5, 5.41) is 13.5. The molecule has 0 spiro atoms. The smallest absolute Gasteiger partial charge is 0.266 e. The molecule has 1 N–H and O–H groups in total. The van der Waals surface area contributed by atoms with Gasteiger partial charge in [0.25, 0.3) is 5.91 Å². The van der Waals surface area contributed by atoms with Gasteiger partial charge in [0.1, 0.15) is 11.6 Å². The highest BCUT2D eigenvalue weighted by atomic mass is 35.5. The van der Waals surface area contributed by atoms with Crippen LogP contribution in [0.5, 0.6) is 0 Å². The Hall–Kier alpha value is -2.19. The average molecular weight is 491 g/mol. The van der Waals surface area contributed by atoms with Crippen molar-refractivity contribution in [3.8, 4) is 6.07 Å². The van der Waals surface area contributed by atoms with Crippen LogP contribution in [-0.4, -0.2) is 18.0 Å². The van der Waals surface area contributed by atoms with Crippen molar-refractivity contribution in [3.05, 3.63) is 62.1 Å². The molecular weight excluding hydrogens is 465 g/mol. The van der Waals surface area contributed by atoms with Gasteiger partial charge in [-0.25, -0.2) is 0 Å². The standard InChI is InChI=1S/C25H26Cl3N3O/c1-5-8-31-23-12-20(27)16(10-19(23)15(2)13-25(31,3)4)9-17(14-29)24(32)30-22-7-6-18(26)11-21(22)28/h6-7,9-12,15H,5,8,13H2,1-4H3,(H,30,32)/b17-9+. The number of nitrogens with zero attached hydrogens (tertiary/aromatic N) is 2. The molecule has 1 atom stereocenters. The van der Waals surface area contributed by atoms with Crippen LogP contribution in [0.15, 0.2) is 35.9 Å². The zero-order valence-corrected chi connectivity index (χ0v) is 20.9. The molecule has 0 aromatic heterocycles. The van der Waals surface area contributed by atoms with Crippen molar-refractivity contribution in [2.24, 2.45) is 0 Å². The summed E-state index contributed by atoms with van der Waals surface area (Å²) in [7, 11) is 0. The summed E-state index contributed by atoms with van der Waals surface area (Å²) in [5.41, 5.74) is 3.28. The van der Waals surface area contributed by atoms with Gasteiger partial charge < -0.3 is 10.2 Å². The Morgan fingerprint density at radius 3 is 2.59 bits per heavy atom.